The third-order valence-corrected chi connectivity index (χ3v) is 17.8. The summed E-state index contributed by atoms with van der Waals surface area (Å²) in [6, 6.07) is 18.0. The molecule has 0 aliphatic rings. The quantitative estimate of drug-likeness (QED) is 0.0273. The van der Waals surface area contributed by atoms with Gasteiger partial charge in [-0.2, -0.15) is 0 Å². The zero-order chi connectivity index (χ0) is 58.4. The fourth-order valence-corrected chi connectivity index (χ4v) is 12.2. The molecule has 83 heavy (non-hydrogen) atoms. The summed E-state index contributed by atoms with van der Waals surface area (Å²) in [5.74, 6) is 0. The number of unbranched alkanes of at least 4 members (excludes halogenated alkanes) is 48. The molecule has 0 spiro atoms. The first-order valence-corrected chi connectivity index (χ1v) is 37.3. The Morgan fingerprint density at radius 3 is 0.747 bits per heavy atom. The van der Waals surface area contributed by atoms with Crippen LogP contribution in [-0.2, 0) is 33.3 Å². The Morgan fingerprint density at radius 2 is 0.470 bits per heavy atom. The molecule has 0 unspecified atom stereocenters. The summed E-state index contributed by atoms with van der Waals surface area (Å²) >= 11 is 0. The van der Waals surface area contributed by atoms with Crippen LogP contribution in [0.1, 0.15) is 398 Å². The van der Waals surface area contributed by atoms with Crippen molar-refractivity contribution in [3.63, 3.8) is 0 Å². The van der Waals surface area contributed by atoms with Gasteiger partial charge in [0.05, 0.1) is 22.8 Å². The van der Waals surface area contributed by atoms with Gasteiger partial charge in [0.15, 0.2) is 0 Å². The van der Waals surface area contributed by atoms with Crippen LogP contribution in [0.5, 0.6) is 0 Å². The predicted octanol–water partition coefficient (Wildman–Crippen LogP) is 28.7. The van der Waals surface area contributed by atoms with Crippen molar-refractivity contribution in [1.82, 2.24) is 0 Å². The van der Waals surface area contributed by atoms with Gasteiger partial charge in [-0.15, -0.1) is 0 Å². The minimum atomic E-state index is 0. The van der Waals surface area contributed by atoms with Gasteiger partial charge in [0, 0.05) is 20.4 Å². The van der Waals surface area contributed by atoms with Gasteiger partial charge < -0.3 is 0 Å². The zero-order valence-corrected chi connectivity index (χ0v) is 57.7. The SMILES string of the molecule is CCCCCCCCCCCCCCCCCCCC=CCCCc1ccccc1N=C(CCCCCCCC)C(CCCC)=Nc1ccccc1CCCC=CCCCCCCCCCCCCCCCCCCCCCCCCC.[Pd]. The molecule has 0 fully saturated rings. The first kappa shape index (κ1) is 78.9. The Morgan fingerprint density at radius 1 is 0.253 bits per heavy atom. The second-order valence-corrected chi connectivity index (χ2v) is 25.7. The number of hydrogen-bond donors (Lipinski definition) is 0. The van der Waals surface area contributed by atoms with Crippen LogP contribution in [0.15, 0.2) is 82.8 Å². The maximum Gasteiger partial charge on any atom is 0.0665 e. The molecule has 2 nitrogen and oxygen atoms in total. The van der Waals surface area contributed by atoms with Gasteiger partial charge in [-0.05, 0) is 113 Å². The first-order valence-electron chi connectivity index (χ1n) is 37.3. The summed E-state index contributed by atoms with van der Waals surface area (Å²) in [6.07, 6.45) is 89.0. The molecular formula is C80H140N2Pd. The van der Waals surface area contributed by atoms with Gasteiger partial charge >= 0.3 is 0 Å². The fourth-order valence-electron chi connectivity index (χ4n) is 12.2. The minimum absolute atomic E-state index is 0. The molecule has 0 aromatic heterocycles. The number of para-hydroxylation sites is 2. The molecule has 2 aromatic carbocycles. The monoisotopic (exact) mass is 1240 g/mol. The zero-order valence-electron chi connectivity index (χ0n) is 56.2. The summed E-state index contributed by atoms with van der Waals surface area (Å²) < 4.78 is 0. The van der Waals surface area contributed by atoms with Gasteiger partial charge in [0.2, 0.25) is 0 Å². The molecule has 0 aliphatic carbocycles. The summed E-state index contributed by atoms with van der Waals surface area (Å²) in [7, 11) is 0. The van der Waals surface area contributed by atoms with Gasteiger partial charge in [0.1, 0.15) is 0 Å². The Balaban J connectivity index is 0.0000344. The van der Waals surface area contributed by atoms with Crippen LogP contribution in [0, 0.1) is 0 Å². The molecule has 0 saturated heterocycles. The van der Waals surface area contributed by atoms with E-state index in [-0.39, 0.29) is 20.4 Å². The number of rotatable bonds is 63. The van der Waals surface area contributed by atoms with E-state index in [0.29, 0.717) is 0 Å². The minimum Gasteiger partial charge on any atom is -0.251 e. The van der Waals surface area contributed by atoms with Crippen molar-refractivity contribution >= 4 is 22.8 Å². The summed E-state index contributed by atoms with van der Waals surface area (Å²) in [4.78, 5) is 11.2. The van der Waals surface area contributed by atoms with E-state index in [1.54, 1.807) is 0 Å². The Kier molecular flexibility index (Phi) is 61.2. The number of benzene rings is 2. The molecular weight excluding hydrogens is 1100 g/mol. The van der Waals surface area contributed by atoms with E-state index in [2.05, 4.69) is 101 Å². The number of nitrogens with zero attached hydrogens (tertiary/aromatic N) is 2. The summed E-state index contributed by atoms with van der Waals surface area (Å²) in [5.41, 5.74) is 7.55. The maximum absolute atomic E-state index is 5.61. The summed E-state index contributed by atoms with van der Waals surface area (Å²) in [6.45, 7) is 9.26. The molecule has 0 aliphatic heterocycles. The van der Waals surface area contributed by atoms with Crippen molar-refractivity contribution in [2.24, 2.45) is 9.98 Å². The van der Waals surface area contributed by atoms with E-state index in [9.17, 15) is 0 Å². The van der Waals surface area contributed by atoms with Crippen LogP contribution in [0.2, 0.25) is 0 Å². The number of allylic oxidation sites excluding steroid dienone is 4. The van der Waals surface area contributed by atoms with Crippen molar-refractivity contribution < 1.29 is 20.4 Å². The molecule has 3 heteroatoms. The molecule has 0 amide bonds. The van der Waals surface area contributed by atoms with Crippen LogP contribution < -0.4 is 0 Å². The largest absolute Gasteiger partial charge is 0.251 e. The third-order valence-electron chi connectivity index (χ3n) is 17.8. The Bertz CT molecular complexity index is 1750. The molecule has 480 valence electrons. The number of aliphatic imine (C=N–C) groups is 2. The van der Waals surface area contributed by atoms with E-state index in [0.717, 1.165) is 56.3 Å². The van der Waals surface area contributed by atoms with E-state index >= 15 is 0 Å². The molecule has 0 bridgehead atoms. The topological polar surface area (TPSA) is 24.7 Å². The van der Waals surface area contributed by atoms with Gasteiger partial charge in [0.25, 0.3) is 0 Å². The third kappa shape index (κ3) is 50.6. The van der Waals surface area contributed by atoms with Crippen LogP contribution in [-0.4, -0.2) is 11.4 Å². The Hall–Kier alpha value is -2.08. The second-order valence-electron chi connectivity index (χ2n) is 25.7. The molecule has 0 atom stereocenters. The van der Waals surface area contributed by atoms with Crippen LogP contribution in [0.3, 0.4) is 0 Å². The molecule has 0 saturated carbocycles. The van der Waals surface area contributed by atoms with Gasteiger partial charge in [-0.1, -0.05) is 371 Å². The molecule has 0 heterocycles. The predicted molar refractivity (Wildman–Crippen MR) is 374 cm³/mol. The van der Waals surface area contributed by atoms with Crippen LogP contribution >= 0.6 is 0 Å². The Labute approximate surface area is 533 Å². The molecule has 2 rings (SSSR count). The van der Waals surface area contributed by atoms with Gasteiger partial charge in [-0.3, -0.25) is 9.98 Å². The fraction of sp³-hybridized carbons (Fsp3) is 0.775. The van der Waals surface area contributed by atoms with E-state index in [1.807, 2.05) is 0 Å². The molecule has 2 aromatic rings. The van der Waals surface area contributed by atoms with Crippen molar-refractivity contribution in [3.05, 3.63) is 84.0 Å². The smallest absolute Gasteiger partial charge is 0.0665 e. The van der Waals surface area contributed by atoms with Crippen molar-refractivity contribution in [2.75, 3.05) is 0 Å². The van der Waals surface area contributed by atoms with Crippen molar-refractivity contribution in [3.8, 4) is 0 Å². The van der Waals surface area contributed by atoms with E-state index < -0.39 is 0 Å². The average Bonchev–Trinajstić information content (AvgIpc) is 3.54. The number of aryl methyl sites for hydroxylation is 2. The van der Waals surface area contributed by atoms with Gasteiger partial charge in [-0.25, -0.2) is 0 Å². The summed E-state index contributed by atoms with van der Waals surface area (Å²) in [5, 5.41) is 0. The van der Waals surface area contributed by atoms with Crippen molar-refractivity contribution in [2.45, 2.75) is 400 Å². The molecule has 0 N–H and O–H groups in total. The van der Waals surface area contributed by atoms with Crippen LogP contribution in [0.25, 0.3) is 0 Å². The van der Waals surface area contributed by atoms with E-state index in [1.165, 1.54) is 350 Å². The maximum atomic E-state index is 5.61. The average molecular weight is 1240 g/mol. The van der Waals surface area contributed by atoms with Crippen LogP contribution in [0.4, 0.5) is 11.4 Å². The first-order chi connectivity index (χ1) is 40.7. The second kappa shape index (κ2) is 64.4. The number of hydrogen-bond acceptors (Lipinski definition) is 2. The molecule has 0 radical (unpaired) electrons. The van der Waals surface area contributed by atoms with Crippen molar-refractivity contribution in [1.29, 1.82) is 0 Å². The standard InChI is InChI=1S/C80H140N2.Pd/c1-5-9-13-16-19-21-23-25-27-29-31-33-35-36-37-38-39-40-42-44-46-47-49-51-53-55-57-60-67-75-69-63-65-72-77(75)81-79(71-12-8-4)80(74-62-59-18-15-11-7-3)82-78-73-66-64-70-76(78)68-61-58-56-54-52-50-48-45-43-41-34-32-30-28-26-24-22-20-17-14-10-6-2;/h53-56,63-66,69-70,72-73H,5-52,57-62,67-68,71,74H2,1-4H3;. The normalized spacial score (nSPS) is 12.2. The van der Waals surface area contributed by atoms with E-state index in [4.69, 9.17) is 9.98 Å².